The zero-order valence-electron chi connectivity index (χ0n) is 15.3. The first-order valence-electron chi connectivity index (χ1n) is 8.56. The van der Waals surface area contributed by atoms with E-state index in [0.29, 0.717) is 13.0 Å². The van der Waals surface area contributed by atoms with E-state index in [9.17, 15) is 4.79 Å². The van der Waals surface area contributed by atoms with Crippen molar-refractivity contribution in [1.29, 1.82) is 0 Å². The van der Waals surface area contributed by atoms with Gasteiger partial charge >= 0.3 is 6.09 Å². The number of nitrogens with one attached hydrogen (secondary N) is 1. The zero-order valence-corrected chi connectivity index (χ0v) is 15.3. The van der Waals surface area contributed by atoms with Gasteiger partial charge in [-0.1, -0.05) is 66.7 Å². The molecular formula is C22H27NO2. The van der Waals surface area contributed by atoms with Crippen molar-refractivity contribution in [1.82, 2.24) is 5.32 Å². The summed E-state index contributed by atoms with van der Waals surface area (Å²) >= 11 is 0. The molecule has 132 valence electrons. The topological polar surface area (TPSA) is 38.3 Å². The van der Waals surface area contributed by atoms with Gasteiger partial charge in [0, 0.05) is 12.0 Å². The molecule has 2 aromatic carbocycles. The fourth-order valence-corrected chi connectivity index (χ4v) is 2.98. The van der Waals surface area contributed by atoms with Crippen LogP contribution in [0.3, 0.4) is 0 Å². The highest BCUT2D eigenvalue weighted by molar-refractivity contribution is 5.68. The second kappa shape index (κ2) is 8.02. The normalized spacial score (nSPS) is 11.6. The van der Waals surface area contributed by atoms with Gasteiger partial charge in [0.2, 0.25) is 0 Å². The van der Waals surface area contributed by atoms with Crippen LogP contribution in [-0.2, 0) is 10.2 Å². The van der Waals surface area contributed by atoms with Gasteiger partial charge in [-0.05, 0) is 38.3 Å². The van der Waals surface area contributed by atoms with Gasteiger partial charge < -0.3 is 10.1 Å². The van der Waals surface area contributed by atoms with Crippen molar-refractivity contribution in [3.05, 3.63) is 84.4 Å². The third kappa shape index (κ3) is 4.96. The van der Waals surface area contributed by atoms with Gasteiger partial charge in [-0.2, -0.15) is 0 Å². The van der Waals surface area contributed by atoms with Crippen LogP contribution in [0.25, 0.3) is 0 Å². The molecule has 0 saturated heterocycles. The Bertz CT molecular complexity index is 647. The Kier molecular flexibility index (Phi) is 6.02. The second-order valence-electron chi connectivity index (χ2n) is 7.16. The number of allylic oxidation sites excluding steroid dienone is 1. The third-order valence-corrected chi connectivity index (χ3v) is 4.08. The van der Waals surface area contributed by atoms with E-state index < -0.39 is 11.7 Å². The number of ether oxygens (including phenoxy) is 1. The highest BCUT2D eigenvalue weighted by Crippen LogP contribution is 2.35. The van der Waals surface area contributed by atoms with Crippen molar-refractivity contribution in [2.75, 3.05) is 6.54 Å². The van der Waals surface area contributed by atoms with Gasteiger partial charge in [0.25, 0.3) is 0 Å². The molecule has 0 heterocycles. The quantitative estimate of drug-likeness (QED) is 0.747. The van der Waals surface area contributed by atoms with Gasteiger partial charge in [-0.25, -0.2) is 4.79 Å². The van der Waals surface area contributed by atoms with Crippen molar-refractivity contribution < 1.29 is 9.53 Å². The number of carbonyl (C=O) groups excluding carboxylic acids is 1. The Balaban J connectivity index is 2.38. The van der Waals surface area contributed by atoms with Crippen LogP contribution in [0, 0.1) is 0 Å². The van der Waals surface area contributed by atoms with Gasteiger partial charge in [-0.15, -0.1) is 6.58 Å². The predicted octanol–water partition coefficient (Wildman–Crippen LogP) is 5.07. The first-order valence-corrected chi connectivity index (χ1v) is 8.56. The maximum absolute atomic E-state index is 12.2. The van der Waals surface area contributed by atoms with Gasteiger partial charge in [0.1, 0.15) is 5.60 Å². The predicted molar refractivity (Wildman–Crippen MR) is 103 cm³/mol. The van der Waals surface area contributed by atoms with Gasteiger partial charge in [-0.3, -0.25) is 0 Å². The van der Waals surface area contributed by atoms with E-state index in [1.807, 2.05) is 63.2 Å². The van der Waals surface area contributed by atoms with E-state index in [1.54, 1.807) is 0 Å². The Hall–Kier alpha value is -2.55. The fourth-order valence-electron chi connectivity index (χ4n) is 2.98. The second-order valence-corrected chi connectivity index (χ2v) is 7.16. The molecule has 0 unspecified atom stereocenters. The number of carbonyl (C=O) groups is 1. The maximum atomic E-state index is 12.2. The minimum absolute atomic E-state index is 0.388. The summed E-state index contributed by atoms with van der Waals surface area (Å²) in [5.41, 5.74) is 1.36. The standard InChI is InChI=1S/C22H27NO2/c1-5-16-22(18-12-8-6-9-13-18,19-14-10-7-11-15-19)17-23-20(24)25-21(2,3)4/h5-15H,1,16-17H2,2-4H3,(H,23,24). The summed E-state index contributed by atoms with van der Waals surface area (Å²) in [6.07, 6.45) is 2.20. The molecule has 0 aliphatic rings. The molecule has 1 amide bonds. The number of benzene rings is 2. The molecule has 0 aromatic heterocycles. The number of hydrogen-bond acceptors (Lipinski definition) is 2. The Morgan fingerprint density at radius 1 is 1.00 bits per heavy atom. The number of amides is 1. The molecule has 3 nitrogen and oxygen atoms in total. The van der Waals surface area contributed by atoms with E-state index >= 15 is 0 Å². The van der Waals surface area contributed by atoms with Crippen LogP contribution >= 0.6 is 0 Å². The van der Waals surface area contributed by atoms with Crippen LogP contribution in [0.2, 0.25) is 0 Å². The van der Waals surface area contributed by atoms with Crippen molar-refractivity contribution in [3.8, 4) is 0 Å². The van der Waals surface area contributed by atoms with E-state index in [0.717, 1.165) is 11.1 Å². The largest absolute Gasteiger partial charge is 0.444 e. The monoisotopic (exact) mass is 337 g/mol. The third-order valence-electron chi connectivity index (χ3n) is 4.08. The van der Waals surface area contributed by atoms with Crippen molar-refractivity contribution >= 4 is 6.09 Å². The molecule has 1 N–H and O–H groups in total. The summed E-state index contributed by atoms with van der Waals surface area (Å²) in [4.78, 5) is 12.2. The minimum atomic E-state index is -0.523. The smallest absolute Gasteiger partial charge is 0.407 e. The molecule has 0 fully saturated rings. The molecule has 25 heavy (non-hydrogen) atoms. The number of hydrogen-bond donors (Lipinski definition) is 1. The molecule has 0 radical (unpaired) electrons. The summed E-state index contributed by atoms with van der Waals surface area (Å²) in [5.74, 6) is 0. The van der Waals surface area contributed by atoms with E-state index in [1.165, 1.54) is 0 Å². The van der Waals surface area contributed by atoms with Crippen LogP contribution in [0.15, 0.2) is 73.3 Å². The molecular weight excluding hydrogens is 310 g/mol. The van der Waals surface area contributed by atoms with Crippen LogP contribution in [0.4, 0.5) is 4.79 Å². The Morgan fingerprint density at radius 3 is 1.88 bits per heavy atom. The van der Waals surface area contributed by atoms with Crippen molar-refractivity contribution in [3.63, 3.8) is 0 Å². The zero-order chi connectivity index (χ0) is 18.3. The molecule has 3 heteroatoms. The van der Waals surface area contributed by atoms with Crippen LogP contribution in [-0.4, -0.2) is 18.2 Å². The van der Waals surface area contributed by atoms with Crippen LogP contribution in [0.1, 0.15) is 38.3 Å². The Morgan fingerprint density at radius 2 is 1.48 bits per heavy atom. The molecule has 0 atom stereocenters. The molecule has 0 aliphatic carbocycles. The average Bonchev–Trinajstić information content (AvgIpc) is 2.59. The van der Waals surface area contributed by atoms with Crippen LogP contribution in [0.5, 0.6) is 0 Å². The lowest BCUT2D eigenvalue weighted by Crippen LogP contribution is -2.43. The first kappa shape index (κ1) is 18.8. The molecule has 2 rings (SSSR count). The molecule has 0 spiro atoms. The lowest BCUT2D eigenvalue weighted by atomic mass is 9.72. The van der Waals surface area contributed by atoms with Gasteiger partial charge in [0.05, 0.1) is 0 Å². The summed E-state index contributed by atoms with van der Waals surface area (Å²) < 4.78 is 5.41. The first-order chi connectivity index (χ1) is 11.9. The molecule has 0 bridgehead atoms. The number of alkyl carbamates (subject to hydrolysis) is 1. The average molecular weight is 337 g/mol. The summed E-state index contributed by atoms with van der Waals surface area (Å²) in [6.45, 7) is 9.95. The van der Waals surface area contributed by atoms with Crippen molar-refractivity contribution in [2.24, 2.45) is 0 Å². The lowest BCUT2D eigenvalue weighted by Gasteiger charge is -2.35. The molecule has 2 aromatic rings. The highest BCUT2D eigenvalue weighted by atomic mass is 16.6. The van der Waals surface area contributed by atoms with E-state index in [-0.39, 0.29) is 5.41 Å². The lowest BCUT2D eigenvalue weighted by molar-refractivity contribution is 0.0518. The summed E-state index contributed by atoms with van der Waals surface area (Å²) in [7, 11) is 0. The highest BCUT2D eigenvalue weighted by Gasteiger charge is 2.34. The Labute approximate surface area is 150 Å². The fraction of sp³-hybridized carbons (Fsp3) is 0.318. The van der Waals surface area contributed by atoms with Gasteiger partial charge in [0.15, 0.2) is 0 Å². The van der Waals surface area contributed by atoms with E-state index in [4.69, 9.17) is 4.74 Å². The van der Waals surface area contributed by atoms with E-state index in [2.05, 4.69) is 36.2 Å². The SMILES string of the molecule is C=CCC(CNC(=O)OC(C)(C)C)(c1ccccc1)c1ccccc1. The van der Waals surface area contributed by atoms with Crippen molar-refractivity contribution in [2.45, 2.75) is 38.2 Å². The summed E-state index contributed by atoms with van der Waals surface area (Å²) in [5, 5.41) is 2.95. The number of rotatable bonds is 6. The van der Waals surface area contributed by atoms with Crippen LogP contribution < -0.4 is 5.32 Å². The molecule has 0 aliphatic heterocycles. The summed E-state index contributed by atoms with van der Waals surface area (Å²) in [6, 6.07) is 20.4. The maximum Gasteiger partial charge on any atom is 0.407 e. The minimum Gasteiger partial charge on any atom is -0.444 e. The molecule has 0 saturated carbocycles.